The van der Waals surface area contributed by atoms with Crippen LogP contribution < -0.4 is 0 Å². The molecule has 7 heteroatoms. The van der Waals surface area contributed by atoms with Gasteiger partial charge in [0.05, 0.1) is 21.3 Å². The first-order valence-electron chi connectivity index (χ1n) is 6.46. The lowest BCUT2D eigenvalue weighted by Gasteiger charge is -2.08. The highest BCUT2D eigenvalue weighted by atomic mass is 32.1. The van der Waals surface area contributed by atoms with Crippen molar-refractivity contribution in [3.05, 3.63) is 27.0 Å². The average molecular weight is 326 g/mol. The van der Waals surface area contributed by atoms with Crippen LogP contribution in [0.15, 0.2) is 11.6 Å². The number of hydrogen-bond donors (Lipinski definition) is 0. The monoisotopic (exact) mass is 326 g/mol. The molecule has 0 aliphatic carbocycles. The Morgan fingerprint density at radius 2 is 1.64 bits per heavy atom. The zero-order chi connectivity index (χ0) is 16.9. The maximum absolute atomic E-state index is 11.8. The van der Waals surface area contributed by atoms with Crippen LogP contribution >= 0.6 is 11.3 Å². The predicted molar refractivity (Wildman–Crippen MR) is 81.8 cm³/mol. The van der Waals surface area contributed by atoms with E-state index in [4.69, 9.17) is 9.47 Å². The zero-order valence-electron chi connectivity index (χ0n) is 13.1. The number of esters is 3. The Balaban J connectivity index is 3.43. The first-order valence-corrected chi connectivity index (χ1v) is 7.27. The molecular formula is C15H18O6S. The third kappa shape index (κ3) is 3.94. The van der Waals surface area contributed by atoms with Crippen molar-refractivity contribution in [1.82, 2.24) is 0 Å². The number of hydrogen-bond acceptors (Lipinski definition) is 7. The van der Waals surface area contributed by atoms with Crippen molar-refractivity contribution in [2.45, 2.75) is 13.8 Å². The summed E-state index contributed by atoms with van der Waals surface area (Å²) in [6.07, 6.45) is 1.53. The molecule has 1 aromatic heterocycles. The van der Waals surface area contributed by atoms with Gasteiger partial charge in [-0.3, -0.25) is 0 Å². The Hall–Kier alpha value is -2.15. The number of methoxy groups -OCH3 is 3. The molecule has 0 aliphatic rings. The van der Waals surface area contributed by atoms with Crippen molar-refractivity contribution in [3.8, 4) is 0 Å². The van der Waals surface area contributed by atoms with Gasteiger partial charge in [-0.1, -0.05) is 13.8 Å². The highest BCUT2D eigenvalue weighted by Gasteiger charge is 2.22. The fourth-order valence-corrected chi connectivity index (χ4v) is 2.69. The molecule has 0 aromatic carbocycles. The highest BCUT2D eigenvalue weighted by molar-refractivity contribution is 7.16. The molecule has 1 aromatic rings. The third-order valence-electron chi connectivity index (χ3n) is 2.87. The van der Waals surface area contributed by atoms with Gasteiger partial charge >= 0.3 is 17.9 Å². The Labute approximate surface area is 132 Å². The van der Waals surface area contributed by atoms with Crippen LogP contribution in [0.5, 0.6) is 0 Å². The number of carbonyl (C=O) groups is 3. The Morgan fingerprint density at radius 1 is 1.05 bits per heavy atom. The molecule has 0 fully saturated rings. The second-order valence-electron chi connectivity index (χ2n) is 4.62. The van der Waals surface area contributed by atoms with Gasteiger partial charge in [0.1, 0.15) is 9.75 Å². The lowest BCUT2D eigenvalue weighted by atomic mass is 10.0. The minimum absolute atomic E-state index is 0.112. The van der Waals surface area contributed by atoms with E-state index in [0.717, 1.165) is 11.3 Å². The molecular weight excluding hydrogens is 308 g/mol. The van der Waals surface area contributed by atoms with Crippen molar-refractivity contribution in [2.75, 3.05) is 21.3 Å². The molecule has 120 valence electrons. The van der Waals surface area contributed by atoms with E-state index in [1.54, 1.807) is 0 Å². The minimum atomic E-state index is -0.584. The molecule has 0 atom stereocenters. The standard InChI is InChI=1S/C15H18O6S/c1-8(2)10(13(16)19-3)6-9-7-11(14(17)20-4)22-12(9)15(18)21-5/h6-8H,1-5H3/b10-6+. The van der Waals surface area contributed by atoms with Crippen LogP contribution in [-0.2, 0) is 19.0 Å². The van der Waals surface area contributed by atoms with E-state index < -0.39 is 17.9 Å². The molecule has 0 bridgehead atoms. The summed E-state index contributed by atoms with van der Waals surface area (Å²) in [6, 6.07) is 1.49. The van der Waals surface area contributed by atoms with Crippen molar-refractivity contribution in [1.29, 1.82) is 0 Å². The van der Waals surface area contributed by atoms with Gasteiger partial charge in [0, 0.05) is 11.1 Å². The Morgan fingerprint density at radius 3 is 2.09 bits per heavy atom. The van der Waals surface area contributed by atoms with Crippen LogP contribution in [-0.4, -0.2) is 39.2 Å². The van der Waals surface area contributed by atoms with Gasteiger partial charge < -0.3 is 14.2 Å². The van der Waals surface area contributed by atoms with E-state index in [-0.39, 0.29) is 15.7 Å². The molecule has 6 nitrogen and oxygen atoms in total. The fraction of sp³-hybridized carbons (Fsp3) is 0.400. The molecule has 22 heavy (non-hydrogen) atoms. The molecule has 1 heterocycles. The maximum atomic E-state index is 11.8. The summed E-state index contributed by atoms with van der Waals surface area (Å²) in [5.41, 5.74) is 0.813. The molecule has 1 rings (SSSR count). The smallest absolute Gasteiger partial charge is 0.348 e. The van der Waals surface area contributed by atoms with Gasteiger partial charge in [0.2, 0.25) is 0 Å². The van der Waals surface area contributed by atoms with Gasteiger partial charge in [0.25, 0.3) is 0 Å². The summed E-state index contributed by atoms with van der Waals surface area (Å²) in [7, 11) is 3.79. The van der Waals surface area contributed by atoms with E-state index >= 15 is 0 Å². The van der Waals surface area contributed by atoms with E-state index in [1.165, 1.54) is 33.5 Å². The number of carbonyl (C=O) groups excluding carboxylic acids is 3. The molecule has 0 saturated heterocycles. The van der Waals surface area contributed by atoms with Crippen molar-refractivity contribution < 1.29 is 28.6 Å². The summed E-state index contributed by atoms with van der Waals surface area (Å²) in [4.78, 5) is 35.8. The van der Waals surface area contributed by atoms with Gasteiger partial charge in [-0.15, -0.1) is 11.3 Å². The Bertz CT molecular complexity index is 612. The van der Waals surface area contributed by atoms with Gasteiger partial charge in [-0.25, -0.2) is 14.4 Å². The van der Waals surface area contributed by atoms with Crippen molar-refractivity contribution in [3.63, 3.8) is 0 Å². The number of rotatable bonds is 5. The Kier molecular flexibility index (Phi) is 6.30. The van der Waals surface area contributed by atoms with Gasteiger partial charge in [0.15, 0.2) is 0 Å². The molecule has 0 aliphatic heterocycles. The van der Waals surface area contributed by atoms with Gasteiger partial charge in [-0.2, -0.15) is 0 Å². The predicted octanol–water partition coefficient (Wildman–Crippen LogP) is 2.53. The van der Waals surface area contributed by atoms with Crippen LogP contribution in [0.25, 0.3) is 6.08 Å². The molecule has 0 spiro atoms. The third-order valence-corrected chi connectivity index (χ3v) is 3.98. The maximum Gasteiger partial charge on any atom is 0.348 e. The molecule has 0 N–H and O–H groups in total. The summed E-state index contributed by atoms with van der Waals surface area (Å²) in [5, 5.41) is 0. The lowest BCUT2D eigenvalue weighted by Crippen LogP contribution is -2.10. The second kappa shape index (κ2) is 7.74. The fourth-order valence-electron chi connectivity index (χ4n) is 1.71. The minimum Gasteiger partial charge on any atom is -0.466 e. The lowest BCUT2D eigenvalue weighted by molar-refractivity contribution is -0.136. The first kappa shape index (κ1) is 17.9. The van der Waals surface area contributed by atoms with E-state index in [0.29, 0.717) is 11.1 Å². The number of ether oxygens (including phenoxy) is 3. The topological polar surface area (TPSA) is 78.9 Å². The summed E-state index contributed by atoms with van der Waals surface area (Å²) < 4.78 is 14.1. The quantitative estimate of drug-likeness (QED) is 0.470. The summed E-state index contributed by atoms with van der Waals surface area (Å²) in [6.45, 7) is 3.66. The summed E-state index contributed by atoms with van der Waals surface area (Å²) >= 11 is 0.952. The largest absolute Gasteiger partial charge is 0.466 e. The average Bonchev–Trinajstić information content (AvgIpc) is 2.93. The summed E-state index contributed by atoms with van der Waals surface area (Å²) in [5.74, 6) is -1.74. The van der Waals surface area contributed by atoms with E-state index in [9.17, 15) is 14.4 Å². The number of thiophene rings is 1. The van der Waals surface area contributed by atoms with E-state index in [2.05, 4.69) is 4.74 Å². The van der Waals surface area contributed by atoms with Crippen molar-refractivity contribution in [2.24, 2.45) is 5.92 Å². The SMILES string of the molecule is COC(=O)/C(=C/c1cc(C(=O)OC)sc1C(=O)OC)C(C)C. The normalized spacial score (nSPS) is 11.3. The zero-order valence-corrected chi connectivity index (χ0v) is 13.9. The van der Waals surface area contributed by atoms with Gasteiger partial charge in [-0.05, 0) is 18.1 Å². The molecule has 0 radical (unpaired) electrons. The first-order chi connectivity index (χ1) is 10.3. The van der Waals surface area contributed by atoms with Crippen LogP contribution in [0.1, 0.15) is 38.8 Å². The van der Waals surface area contributed by atoms with Crippen LogP contribution in [0, 0.1) is 5.92 Å². The van der Waals surface area contributed by atoms with Crippen molar-refractivity contribution >= 4 is 35.3 Å². The van der Waals surface area contributed by atoms with E-state index in [1.807, 2.05) is 13.8 Å². The second-order valence-corrected chi connectivity index (χ2v) is 5.68. The molecule has 0 amide bonds. The molecule has 0 saturated carbocycles. The van der Waals surface area contributed by atoms with Crippen LogP contribution in [0.2, 0.25) is 0 Å². The molecule has 0 unspecified atom stereocenters. The highest BCUT2D eigenvalue weighted by Crippen LogP contribution is 2.28. The van der Waals surface area contributed by atoms with Crippen LogP contribution in [0.4, 0.5) is 0 Å². The van der Waals surface area contributed by atoms with Crippen LogP contribution in [0.3, 0.4) is 0 Å².